The number of anilines is 1. The molecule has 0 saturated carbocycles. The number of rotatable bonds is 10. The number of nitrogens with zero attached hydrogens (tertiary/aromatic N) is 4. The highest BCUT2D eigenvalue weighted by atomic mass is 32.2. The maximum atomic E-state index is 12.4. The van der Waals surface area contributed by atoms with Crippen LogP contribution in [0.4, 0.5) is 5.13 Å². The standard InChI is InChI=1S/C22H29N5O3S2/c1-13(2)11-27-20(15(4)30-18-10-8-7-9-17(18)29-6)25-26-22(27)31-12-19(28)24-21-23-14(3)16(5)32-21/h7-10,13,15H,11-12H2,1-6H3,(H,23,24,28). The average molecular weight is 476 g/mol. The van der Waals surface area contributed by atoms with Gasteiger partial charge in [-0.15, -0.1) is 21.5 Å². The summed E-state index contributed by atoms with van der Waals surface area (Å²) in [7, 11) is 1.61. The molecule has 32 heavy (non-hydrogen) atoms. The van der Waals surface area contributed by atoms with E-state index in [0.717, 1.165) is 17.1 Å². The summed E-state index contributed by atoms with van der Waals surface area (Å²) < 4.78 is 13.5. The van der Waals surface area contributed by atoms with Crippen LogP contribution in [0, 0.1) is 19.8 Å². The zero-order chi connectivity index (χ0) is 23.3. The molecular formula is C22H29N5O3S2. The van der Waals surface area contributed by atoms with Crippen molar-refractivity contribution in [3.63, 3.8) is 0 Å². The number of hydrogen-bond acceptors (Lipinski definition) is 8. The van der Waals surface area contributed by atoms with Gasteiger partial charge in [-0.2, -0.15) is 0 Å². The molecule has 0 spiro atoms. The number of carbonyl (C=O) groups is 1. The van der Waals surface area contributed by atoms with Gasteiger partial charge in [0, 0.05) is 11.4 Å². The second-order valence-electron chi connectivity index (χ2n) is 7.75. The van der Waals surface area contributed by atoms with Gasteiger partial charge in [0.1, 0.15) is 0 Å². The first-order chi connectivity index (χ1) is 15.3. The van der Waals surface area contributed by atoms with E-state index in [-0.39, 0.29) is 17.8 Å². The topological polar surface area (TPSA) is 91.2 Å². The van der Waals surface area contributed by atoms with Crippen LogP contribution in [-0.2, 0) is 11.3 Å². The highest BCUT2D eigenvalue weighted by Gasteiger charge is 2.22. The molecule has 0 saturated heterocycles. The molecule has 2 aromatic heterocycles. The molecule has 0 bridgehead atoms. The van der Waals surface area contributed by atoms with Crippen molar-refractivity contribution in [3.05, 3.63) is 40.7 Å². The lowest BCUT2D eigenvalue weighted by Gasteiger charge is -2.19. The van der Waals surface area contributed by atoms with Crippen molar-refractivity contribution in [2.75, 3.05) is 18.2 Å². The number of thiazole rings is 1. The number of aryl methyl sites for hydroxylation is 2. The van der Waals surface area contributed by atoms with Crippen LogP contribution in [-0.4, -0.2) is 38.5 Å². The Labute approximate surface area is 196 Å². The Morgan fingerprint density at radius 2 is 1.91 bits per heavy atom. The quantitative estimate of drug-likeness (QED) is 0.418. The third-order valence-electron chi connectivity index (χ3n) is 4.64. The fourth-order valence-corrected chi connectivity index (χ4v) is 4.60. The van der Waals surface area contributed by atoms with Gasteiger partial charge in [0.05, 0.1) is 18.6 Å². The van der Waals surface area contributed by atoms with E-state index in [9.17, 15) is 4.79 Å². The first-order valence-corrected chi connectivity index (χ1v) is 12.2. The number of amides is 1. The van der Waals surface area contributed by atoms with Crippen LogP contribution in [0.2, 0.25) is 0 Å². The molecule has 3 aromatic rings. The Hall–Kier alpha value is -2.59. The van der Waals surface area contributed by atoms with Crippen LogP contribution in [0.1, 0.15) is 43.3 Å². The van der Waals surface area contributed by atoms with Gasteiger partial charge in [-0.1, -0.05) is 37.7 Å². The van der Waals surface area contributed by atoms with Gasteiger partial charge in [0.25, 0.3) is 0 Å². The molecule has 1 N–H and O–H groups in total. The monoisotopic (exact) mass is 475 g/mol. The number of aromatic nitrogens is 4. The first kappa shape index (κ1) is 24.1. The highest BCUT2D eigenvalue weighted by molar-refractivity contribution is 7.99. The van der Waals surface area contributed by atoms with E-state index in [2.05, 4.69) is 34.3 Å². The van der Waals surface area contributed by atoms with Crippen LogP contribution < -0.4 is 14.8 Å². The van der Waals surface area contributed by atoms with Gasteiger partial charge in [-0.25, -0.2) is 4.98 Å². The molecule has 0 fully saturated rings. The Morgan fingerprint density at radius 3 is 2.53 bits per heavy atom. The SMILES string of the molecule is COc1ccccc1OC(C)c1nnc(SCC(=O)Nc2nc(C)c(C)s2)n1CC(C)C. The molecule has 1 aromatic carbocycles. The molecule has 1 amide bonds. The lowest BCUT2D eigenvalue weighted by atomic mass is 10.2. The van der Waals surface area contributed by atoms with Crippen molar-refractivity contribution < 1.29 is 14.3 Å². The number of benzene rings is 1. The Bertz CT molecular complexity index is 1040. The minimum absolute atomic E-state index is 0.122. The first-order valence-electron chi connectivity index (χ1n) is 10.4. The maximum Gasteiger partial charge on any atom is 0.236 e. The van der Waals surface area contributed by atoms with Gasteiger partial charge in [-0.3, -0.25) is 4.79 Å². The summed E-state index contributed by atoms with van der Waals surface area (Å²) in [4.78, 5) is 17.9. The van der Waals surface area contributed by atoms with E-state index < -0.39 is 0 Å². The molecule has 0 radical (unpaired) electrons. The largest absolute Gasteiger partial charge is 0.493 e. The lowest BCUT2D eigenvalue weighted by Crippen LogP contribution is -2.17. The Kier molecular flexibility index (Phi) is 8.14. The van der Waals surface area contributed by atoms with Crippen molar-refractivity contribution in [2.45, 2.75) is 52.4 Å². The third-order valence-corrected chi connectivity index (χ3v) is 6.59. The minimum atomic E-state index is -0.345. The van der Waals surface area contributed by atoms with E-state index in [4.69, 9.17) is 9.47 Å². The van der Waals surface area contributed by atoms with E-state index in [1.807, 2.05) is 49.6 Å². The zero-order valence-electron chi connectivity index (χ0n) is 19.2. The number of ether oxygens (including phenoxy) is 2. The minimum Gasteiger partial charge on any atom is -0.493 e. The van der Waals surface area contributed by atoms with Crippen LogP contribution in [0.3, 0.4) is 0 Å². The van der Waals surface area contributed by atoms with Gasteiger partial charge < -0.3 is 19.4 Å². The van der Waals surface area contributed by atoms with Crippen molar-refractivity contribution in [1.82, 2.24) is 19.7 Å². The third kappa shape index (κ3) is 6.01. The second kappa shape index (κ2) is 10.8. The number of para-hydroxylation sites is 2. The van der Waals surface area contributed by atoms with Crippen molar-refractivity contribution in [2.24, 2.45) is 5.92 Å². The molecule has 0 aliphatic rings. The van der Waals surface area contributed by atoms with E-state index in [1.165, 1.54) is 23.1 Å². The van der Waals surface area contributed by atoms with Gasteiger partial charge in [0.2, 0.25) is 5.91 Å². The van der Waals surface area contributed by atoms with Crippen molar-refractivity contribution >= 4 is 34.1 Å². The van der Waals surface area contributed by atoms with Gasteiger partial charge >= 0.3 is 0 Å². The van der Waals surface area contributed by atoms with E-state index in [0.29, 0.717) is 33.5 Å². The fraction of sp³-hybridized carbons (Fsp3) is 0.455. The van der Waals surface area contributed by atoms with Crippen molar-refractivity contribution in [3.8, 4) is 11.5 Å². The van der Waals surface area contributed by atoms with Crippen molar-refractivity contribution in [1.29, 1.82) is 0 Å². The highest BCUT2D eigenvalue weighted by Crippen LogP contribution is 2.31. The summed E-state index contributed by atoms with van der Waals surface area (Å²) in [5.41, 5.74) is 0.934. The lowest BCUT2D eigenvalue weighted by molar-refractivity contribution is -0.113. The molecular weight excluding hydrogens is 446 g/mol. The number of methoxy groups -OCH3 is 1. The summed E-state index contributed by atoms with van der Waals surface area (Å²) in [6.45, 7) is 10.8. The summed E-state index contributed by atoms with van der Waals surface area (Å²) in [5.74, 6) is 2.48. The summed E-state index contributed by atoms with van der Waals surface area (Å²) in [6.07, 6.45) is -0.345. The predicted octanol–water partition coefficient (Wildman–Crippen LogP) is 4.89. The Balaban J connectivity index is 1.72. The molecule has 1 unspecified atom stereocenters. The second-order valence-corrected chi connectivity index (χ2v) is 9.90. The smallest absolute Gasteiger partial charge is 0.236 e. The fourth-order valence-electron chi connectivity index (χ4n) is 3.02. The number of carbonyl (C=O) groups excluding carboxylic acids is 1. The number of nitrogens with one attached hydrogen (secondary N) is 1. The van der Waals surface area contributed by atoms with Gasteiger partial charge in [0.15, 0.2) is 33.7 Å². The normalized spacial score (nSPS) is 12.1. The molecule has 3 rings (SSSR count). The van der Waals surface area contributed by atoms with E-state index >= 15 is 0 Å². The zero-order valence-corrected chi connectivity index (χ0v) is 20.8. The average Bonchev–Trinajstić information content (AvgIpc) is 3.28. The Morgan fingerprint density at radius 1 is 1.19 bits per heavy atom. The number of thioether (sulfide) groups is 1. The van der Waals surface area contributed by atoms with Crippen LogP contribution in [0.15, 0.2) is 29.4 Å². The number of hydrogen-bond donors (Lipinski definition) is 1. The summed E-state index contributed by atoms with van der Waals surface area (Å²) in [5, 5.41) is 12.9. The molecule has 10 heteroatoms. The van der Waals surface area contributed by atoms with Crippen LogP contribution >= 0.6 is 23.1 Å². The van der Waals surface area contributed by atoms with Gasteiger partial charge in [-0.05, 0) is 38.8 Å². The van der Waals surface area contributed by atoms with E-state index in [1.54, 1.807) is 7.11 Å². The molecule has 0 aliphatic heterocycles. The summed E-state index contributed by atoms with van der Waals surface area (Å²) >= 11 is 2.83. The summed E-state index contributed by atoms with van der Waals surface area (Å²) in [6, 6.07) is 7.51. The van der Waals surface area contributed by atoms with Crippen LogP contribution in [0.5, 0.6) is 11.5 Å². The molecule has 2 heterocycles. The molecule has 8 nitrogen and oxygen atoms in total. The molecule has 172 valence electrons. The predicted molar refractivity (Wildman–Crippen MR) is 128 cm³/mol. The van der Waals surface area contributed by atoms with Crippen LogP contribution in [0.25, 0.3) is 0 Å². The maximum absolute atomic E-state index is 12.4. The molecule has 1 atom stereocenters. The molecule has 0 aliphatic carbocycles.